The Morgan fingerprint density at radius 2 is 1.74 bits per heavy atom. The Labute approximate surface area is 182 Å². The minimum atomic E-state index is -0.762. The van der Waals surface area contributed by atoms with Gasteiger partial charge in [0.15, 0.2) is 0 Å². The molecule has 168 valence electrons. The summed E-state index contributed by atoms with van der Waals surface area (Å²) in [7, 11) is 0. The van der Waals surface area contributed by atoms with Crippen molar-refractivity contribution in [3.05, 3.63) is 35.4 Å². The van der Waals surface area contributed by atoms with Gasteiger partial charge in [0.25, 0.3) is 5.91 Å². The fourth-order valence-electron chi connectivity index (χ4n) is 3.73. The van der Waals surface area contributed by atoms with E-state index >= 15 is 0 Å². The topological polar surface area (TPSA) is 115 Å². The molecule has 2 aliphatic heterocycles. The number of likely N-dealkylation sites (N-methyl/N-ethyl adjacent to an activating group) is 1. The molecule has 0 radical (unpaired) electrons. The number of amides is 3. The minimum absolute atomic E-state index is 0.0247. The van der Waals surface area contributed by atoms with Crippen LogP contribution in [0.5, 0.6) is 0 Å². The number of ether oxygens (including phenoxy) is 2. The number of rotatable bonds is 3. The summed E-state index contributed by atoms with van der Waals surface area (Å²) < 4.78 is 10.7. The van der Waals surface area contributed by atoms with Gasteiger partial charge in [-0.15, -0.1) is 0 Å². The molecule has 2 saturated heterocycles. The van der Waals surface area contributed by atoms with Crippen molar-refractivity contribution in [3.63, 3.8) is 0 Å². The molecule has 0 atom stereocenters. The summed E-state index contributed by atoms with van der Waals surface area (Å²) >= 11 is 0. The fourth-order valence-corrected chi connectivity index (χ4v) is 3.73. The largest absolute Gasteiger partial charge is 0.442 e. The maximum atomic E-state index is 12.9. The maximum Gasteiger partial charge on any atom is 0.436 e. The summed E-state index contributed by atoms with van der Waals surface area (Å²) in [5.41, 5.74) is 5.79. The van der Waals surface area contributed by atoms with Gasteiger partial charge in [-0.3, -0.25) is 4.79 Å². The number of carbonyl (C=O) groups excluding carboxylic acids is 3. The minimum Gasteiger partial charge on any atom is -0.442 e. The lowest BCUT2D eigenvalue weighted by atomic mass is 9.91. The van der Waals surface area contributed by atoms with Crippen LogP contribution in [0.2, 0.25) is 0 Å². The van der Waals surface area contributed by atoms with Crippen molar-refractivity contribution in [1.29, 1.82) is 0 Å². The van der Waals surface area contributed by atoms with Crippen molar-refractivity contribution in [2.24, 2.45) is 10.7 Å². The Hall–Kier alpha value is -3.10. The molecule has 2 aliphatic rings. The molecule has 3 rings (SSSR count). The monoisotopic (exact) mass is 430 g/mol. The van der Waals surface area contributed by atoms with E-state index in [4.69, 9.17) is 15.2 Å². The summed E-state index contributed by atoms with van der Waals surface area (Å²) in [4.78, 5) is 43.8. The molecule has 0 aromatic heterocycles. The number of aliphatic imine (C=N–C) groups is 1. The second-order valence-corrected chi connectivity index (χ2v) is 8.91. The number of hydrogen-bond acceptors (Lipinski definition) is 5. The third-order valence-corrected chi connectivity index (χ3v) is 5.42. The van der Waals surface area contributed by atoms with Crippen molar-refractivity contribution in [2.45, 2.75) is 51.7 Å². The van der Waals surface area contributed by atoms with E-state index in [1.165, 1.54) is 0 Å². The normalized spacial score (nSPS) is 18.8. The van der Waals surface area contributed by atoms with E-state index in [9.17, 15) is 14.4 Å². The van der Waals surface area contributed by atoms with Crippen LogP contribution in [0.3, 0.4) is 0 Å². The zero-order valence-electron chi connectivity index (χ0n) is 18.5. The number of likely N-dealkylation sites (tertiary alicyclic amines) is 1. The SMILES string of the molecule is CCN1CC2(CCN(C(=O)c3ccc(C(N)=NC(=O)OC(C)(C)C)cc3)CC2)OC1=O. The molecular weight excluding hydrogens is 400 g/mol. The van der Waals surface area contributed by atoms with Crippen molar-refractivity contribution in [2.75, 3.05) is 26.2 Å². The van der Waals surface area contributed by atoms with Crippen LogP contribution in [-0.2, 0) is 9.47 Å². The van der Waals surface area contributed by atoms with Gasteiger partial charge in [-0.2, -0.15) is 4.99 Å². The molecule has 2 N–H and O–H groups in total. The summed E-state index contributed by atoms with van der Waals surface area (Å²) in [6, 6.07) is 6.63. The van der Waals surface area contributed by atoms with Crippen molar-refractivity contribution in [1.82, 2.24) is 9.80 Å². The van der Waals surface area contributed by atoms with Crippen molar-refractivity contribution in [3.8, 4) is 0 Å². The second-order valence-electron chi connectivity index (χ2n) is 8.91. The van der Waals surface area contributed by atoms with Crippen molar-refractivity contribution >= 4 is 23.9 Å². The summed E-state index contributed by atoms with van der Waals surface area (Å²) in [5.74, 6) is -0.0718. The number of nitrogens with two attached hydrogens (primary N) is 1. The molecule has 0 bridgehead atoms. The van der Waals surface area contributed by atoms with Gasteiger partial charge in [0, 0.05) is 43.6 Å². The van der Waals surface area contributed by atoms with Gasteiger partial charge in [0.2, 0.25) is 0 Å². The van der Waals surface area contributed by atoms with Gasteiger partial charge in [0.1, 0.15) is 17.0 Å². The third-order valence-electron chi connectivity index (χ3n) is 5.42. The first-order chi connectivity index (χ1) is 14.5. The first-order valence-corrected chi connectivity index (χ1v) is 10.5. The van der Waals surface area contributed by atoms with Crippen LogP contribution in [0.25, 0.3) is 0 Å². The van der Waals surface area contributed by atoms with E-state index in [1.54, 1.807) is 54.8 Å². The lowest BCUT2D eigenvalue weighted by Gasteiger charge is -2.37. The summed E-state index contributed by atoms with van der Waals surface area (Å²) in [5, 5.41) is 0. The number of piperidine rings is 1. The lowest BCUT2D eigenvalue weighted by molar-refractivity contribution is 0.00312. The van der Waals surface area contributed by atoms with E-state index in [-0.39, 0.29) is 17.8 Å². The molecule has 31 heavy (non-hydrogen) atoms. The molecule has 1 aromatic carbocycles. The van der Waals surface area contributed by atoms with Crippen LogP contribution in [0, 0.1) is 0 Å². The number of benzene rings is 1. The first-order valence-electron chi connectivity index (χ1n) is 10.5. The predicted octanol–water partition coefficient (Wildman–Crippen LogP) is 2.77. The maximum absolute atomic E-state index is 12.9. The highest BCUT2D eigenvalue weighted by Crippen LogP contribution is 2.33. The van der Waals surface area contributed by atoms with Gasteiger partial charge < -0.3 is 25.0 Å². The van der Waals surface area contributed by atoms with E-state index in [1.807, 2.05) is 6.92 Å². The van der Waals surface area contributed by atoms with Crippen LogP contribution >= 0.6 is 0 Å². The quantitative estimate of drug-likeness (QED) is 0.582. The van der Waals surface area contributed by atoms with Gasteiger partial charge in [-0.1, -0.05) is 12.1 Å². The molecule has 0 unspecified atom stereocenters. The standard InChI is InChI=1S/C22H30N4O5/c1-5-25-14-22(31-20(25)29)10-12-26(13-11-22)18(27)16-8-6-15(7-9-16)17(23)24-19(28)30-21(2,3)4/h6-9H,5,10-14H2,1-4H3,(H2,23,24,28). The molecule has 0 aliphatic carbocycles. The Bertz CT molecular complexity index is 880. The molecule has 3 amide bonds. The second kappa shape index (κ2) is 8.56. The van der Waals surface area contributed by atoms with E-state index in [0.717, 1.165) is 0 Å². The highest BCUT2D eigenvalue weighted by Gasteiger charge is 2.47. The molecule has 2 heterocycles. The number of nitrogens with zero attached hydrogens (tertiary/aromatic N) is 3. The number of amidine groups is 1. The van der Waals surface area contributed by atoms with Gasteiger partial charge in [0.05, 0.1) is 6.54 Å². The van der Waals surface area contributed by atoms with Crippen LogP contribution in [-0.4, -0.2) is 71.1 Å². The zero-order chi connectivity index (χ0) is 22.8. The van der Waals surface area contributed by atoms with Crippen LogP contribution in [0.1, 0.15) is 56.5 Å². The Balaban J connectivity index is 1.60. The average Bonchev–Trinajstić information content (AvgIpc) is 3.01. The van der Waals surface area contributed by atoms with E-state index < -0.39 is 17.3 Å². The zero-order valence-corrected chi connectivity index (χ0v) is 18.5. The van der Waals surface area contributed by atoms with Crippen LogP contribution < -0.4 is 5.73 Å². The predicted molar refractivity (Wildman–Crippen MR) is 115 cm³/mol. The first kappa shape index (κ1) is 22.6. The molecule has 0 saturated carbocycles. The number of hydrogen-bond donors (Lipinski definition) is 1. The van der Waals surface area contributed by atoms with E-state index in [0.29, 0.717) is 50.1 Å². The smallest absolute Gasteiger partial charge is 0.436 e. The fraction of sp³-hybridized carbons (Fsp3) is 0.545. The lowest BCUT2D eigenvalue weighted by Crippen LogP contribution is -2.48. The highest BCUT2D eigenvalue weighted by molar-refractivity contribution is 6.03. The third kappa shape index (κ3) is 5.34. The Kier molecular flexibility index (Phi) is 6.24. The van der Waals surface area contributed by atoms with Gasteiger partial charge in [-0.25, -0.2) is 9.59 Å². The highest BCUT2D eigenvalue weighted by atomic mass is 16.6. The Morgan fingerprint density at radius 1 is 1.16 bits per heavy atom. The molecular formula is C22H30N4O5. The number of carbonyl (C=O) groups is 3. The van der Waals surface area contributed by atoms with Gasteiger partial charge >= 0.3 is 12.2 Å². The van der Waals surface area contributed by atoms with Crippen LogP contribution in [0.4, 0.5) is 9.59 Å². The summed E-state index contributed by atoms with van der Waals surface area (Å²) in [6.45, 7) is 9.40. The van der Waals surface area contributed by atoms with Crippen molar-refractivity contribution < 1.29 is 23.9 Å². The molecule has 9 heteroatoms. The molecule has 1 aromatic rings. The summed E-state index contributed by atoms with van der Waals surface area (Å²) in [6.07, 6.45) is 0.202. The molecule has 1 spiro atoms. The van der Waals surface area contributed by atoms with Gasteiger partial charge in [-0.05, 0) is 39.8 Å². The molecule has 2 fully saturated rings. The van der Waals surface area contributed by atoms with E-state index in [2.05, 4.69) is 4.99 Å². The average molecular weight is 431 g/mol. The molecule has 9 nitrogen and oxygen atoms in total. The Morgan fingerprint density at radius 3 is 2.26 bits per heavy atom. The van der Waals surface area contributed by atoms with Crippen LogP contribution in [0.15, 0.2) is 29.3 Å².